The molecule has 0 saturated heterocycles. The molecule has 2 aliphatic rings. The zero-order valence-electron chi connectivity index (χ0n) is 22.5. The molecule has 0 bridgehead atoms. The number of nitrogens with one attached hydrogen (secondary N) is 2. The van der Waals surface area contributed by atoms with Crippen LogP contribution in [0.2, 0.25) is 0 Å². The highest BCUT2D eigenvalue weighted by molar-refractivity contribution is 6.20. The molecule has 0 unspecified atom stereocenters. The Balaban J connectivity index is 1.40. The standard InChI is InChI=1S/C29H28FN7O4/c1-17-11-12-37-29(41-17)22(24(35-37)19-15-31-36(16-19)13-14-40-2)27(38)34-26-28(39)33-25-20(9-6-10-21(25)30)23(32-26)18-7-4-3-5-8-18/h3-10,15-17,26H,11-14H2,1-2H3,(H,33,39)(H,34,38)/t17-,26-/m1/s1. The molecule has 41 heavy (non-hydrogen) atoms. The van der Waals surface area contributed by atoms with Crippen molar-refractivity contribution in [2.75, 3.05) is 19.0 Å². The minimum absolute atomic E-state index is 0.00100. The quantitative estimate of drug-likeness (QED) is 0.360. The number of amides is 2. The van der Waals surface area contributed by atoms with Crippen LogP contribution in [0.1, 0.15) is 34.8 Å². The second-order valence-corrected chi connectivity index (χ2v) is 9.83. The number of anilines is 1. The van der Waals surface area contributed by atoms with Gasteiger partial charge in [0, 0.05) is 43.0 Å². The molecule has 210 valence electrons. The van der Waals surface area contributed by atoms with Gasteiger partial charge in [0.15, 0.2) is 0 Å². The molecule has 2 aliphatic heterocycles. The number of benzene rings is 2. The van der Waals surface area contributed by atoms with E-state index >= 15 is 0 Å². The lowest BCUT2D eigenvalue weighted by atomic mass is 10.0. The van der Waals surface area contributed by atoms with E-state index in [1.54, 1.807) is 41.0 Å². The zero-order valence-corrected chi connectivity index (χ0v) is 22.5. The highest BCUT2D eigenvalue weighted by Gasteiger charge is 2.34. The van der Waals surface area contributed by atoms with Gasteiger partial charge in [0.1, 0.15) is 17.1 Å². The molecule has 0 spiro atoms. The average Bonchev–Trinajstić information content (AvgIpc) is 3.56. The number of fused-ring (bicyclic) bond motifs is 2. The third kappa shape index (κ3) is 5.09. The summed E-state index contributed by atoms with van der Waals surface area (Å²) in [6.07, 6.45) is 2.62. The Bertz CT molecular complexity index is 1650. The molecule has 2 atom stereocenters. The number of rotatable bonds is 7. The van der Waals surface area contributed by atoms with E-state index in [1.807, 2.05) is 37.3 Å². The Hall–Kier alpha value is -4.84. The smallest absolute Gasteiger partial charge is 0.269 e. The number of nitrogens with zero attached hydrogens (tertiary/aromatic N) is 5. The molecule has 0 aliphatic carbocycles. The Kier molecular flexibility index (Phi) is 7.06. The van der Waals surface area contributed by atoms with Gasteiger partial charge < -0.3 is 20.1 Å². The van der Waals surface area contributed by atoms with E-state index in [2.05, 4.69) is 25.8 Å². The van der Waals surface area contributed by atoms with Crippen molar-refractivity contribution in [3.63, 3.8) is 0 Å². The minimum Gasteiger partial charge on any atom is -0.474 e. The molecule has 4 heterocycles. The summed E-state index contributed by atoms with van der Waals surface area (Å²) < 4.78 is 29.4. The summed E-state index contributed by atoms with van der Waals surface area (Å²) in [4.78, 5) is 31.9. The molecular formula is C29H28FN7O4. The van der Waals surface area contributed by atoms with Crippen LogP contribution in [0.25, 0.3) is 11.3 Å². The summed E-state index contributed by atoms with van der Waals surface area (Å²) in [6.45, 7) is 3.47. The van der Waals surface area contributed by atoms with Crippen LogP contribution in [0.15, 0.2) is 65.9 Å². The number of para-hydroxylation sites is 1. The minimum atomic E-state index is -1.36. The first-order valence-electron chi connectivity index (χ1n) is 13.3. The van der Waals surface area contributed by atoms with Crippen molar-refractivity contribution in [3.05, 3.63) is 83.4 Å². The van der Waals surface area contributed by atoms with Gasteiger partial charge in [-0.25, -0.2) is 14.1 Å². The number of aryl methyl sites for hydroxylation is 1. The fourth-order valence-corrected chi connectivity index (χ4v) is 4.89. The molecule has 6 rings (SSSR count). The van der Waals surface area contributed by atoms with Crippen molar-refractivity contribution in [1.29, 1.82) is 0 Å². The van der Waals surface area contributed by atoms with Crippen LogP contribution >= 0.6 is 0 Å². The SMILES string of the molecule is COCCn1cc(-c2nn3c(c2C(=O)N[C@H]2N=C(c4ccccc4)c4cccc(F)c4NC2=O)O[C@H](C)CC3)cn1. The highest BCUT2D eigenvalue weighted by atomic mass is 19.1. The normalized spacial score (nSPS) is 17.9. The Morgan fingerprint density at radius 1 is 1.20 bits per heavy atom. The Morgan fingerprint density at radius 2 is 2.02 bits per heavy atom. The van der Waals surface area contributed by atoms with E-state index in [0.29, 0.717) is 53.7 Å². The van der Waals surface area contributed by atoms with E-state index in [1.165, 1.54) is 6.07 Å². The number of hydrogen-bond acceptors (Lipinski definition) is 7. The van der Waals surface area contributed by atoms with Gasteiger partial charge in [-0.3, -0.25) is 14.3 Å². The Labute approximate surface area is 235 Å². The predicted octanol–water partition coefficient (Wildman–Crippen LogP) is 3.25. The maximum atomic E-state index is 14.9. The number of hydrogen-bond donors (Lipinski definition) is 2. The van der Waals surface area contributed by atoms with Gasteiger partial charge in [0.05, 0.1) is 36.9 Å². The molecule has 0 radical (unpaired) electrons. The van der Waals surface area contributed by atoms with Crippen LogP contribution in [0.5, 0.6) is 5.88 Å². The number of aliphatic imine (C=N–C) groups is 1. The average molecular weight is 558 g/mol. The first-order valence-corrected chi connectivity index (χ1v) is 13.3. The highest BCUT2D eigenvalue weighted by Crippen LogP contribution is 2.34. The molecule has 2 N–H and O–H groups in total. The number of benzodiazepines with no additional fused rings is 1. The predicted molar refractivity (Wildman–Crippen MR) is 148 cm³/mol. The molecule has 11 nitrogen and oxygen atoms in total. The van der Waals surface area contributed by atoms with Crippen molar-refractivity contribution < 1.29 is 23.5 Å². The van der Waals surface area contributed by atoms with Crippen LogP contribution in [0.4, 0.5) is 10.1 Å². The largest absolute Gasteiger partial charge is 0.474 e. The molecule has 0 fully saturated rings. The third-order valence-corrected chi connectivity index (χ3v) is 6.96. The van der Waals surface area contributed by atoms with Crippen LogP contribution in [-0.4, -0.2) is 63.1 Å². The van der Waals surface area contributed by atoms with Crippen molar-refractivity contribution >= 4 is 23.2 Å². The van der Waals surface area contributed by atoms with E-state index in [4.69, 9.17) is 9.47 Å². The topological polar surface area (TPSA) is 125 Å². The molecular weight excluding hydrogens is 529 g/mol. The number of methoxy groups -OCH3 is 1. The van der Waals surface area contributed by atoms with Gasteiger partial charge >= 0.3 is 0 Å². The van der Waals surface area contributed by atoms with Crippen LogP contribution < -0.4 is 15.4 Å². The third-order valence-electron chi connectivity index (χ3n) is 6.96. The lowest BCUT2D eigenvalue weighted by Crippen LogP contribution is -2.42. The van der Waals surface area contributed by atoms with Gasteiger partial charge in [-0.05, 0) is 13.0 Å². The van der Waals surface area contributed by atoms with E-state index in [9.17, 15) is 14.0 Å². The van der Waals surface area contributed by atoms with Gasteiger partial charge in [0.25, 0.3) is 11.8 Å². The second kappa shape index (κ2) is 11.0. The number of ether oxygens (including phenoxy) is 2. The monoisotopic (exact) mass is 557 g/mol. The fraction of sp³-hybridized carbons (Fsp3) is 0.276. The fourth-order valence-electron chi connectivity index (χ4n) is 4.89. The summed E-state index contributed by atoms with van der Waals surface area (Å²) in [7, 11) is 1.61. The van der Waals surface area contributed by atoms with Crippen molar-refractivity contribution in [2.24, 2.45) is 4.99 Å². The summed E-state index contributed by atoms with van der Waals surface area (Å²) in [6, 6.07) is 13.6. The van der Waals surface area contributed by atoms with E-state index in [-0.39, 0.29) is 17.4 Å². The van der Waals surface area contributed by atoms with Gasteiger partial charge in [-0.1, -0.05) is 42.5 Å². The van der Waals surface area contributed by atoms with Crippen LogP contribution in [-0.2, 0) is 22.6 Å². The molecule has 12 heteroatoms. The summed E-state index contributed by atoms with van der Waals surface area (Å²) in [5.74, 6) is -1.59. The molecule has 2 amide bonds. The van der Waals surface area contributed by atoms with Crippen LogP contribution in [0, 0.1) is 5.82 Å². The molecule has 2 aromatic heterocycles. The van der Waals surface area contributed by atoms with Crippen molar-refractivity contribution in [3.8, 4) is 17.1 Å². The van der Waals surface area contributed by atoms with Gasteiger partial charge in [0.2, 0.25) is 12.0 Å². The lowest BCUT2D eigenvalue weighted by Gasteiger charge is -2.22. The summed E-state index contributed by atoms with van der Waals surface area (Å²) >= 11 is 0. The zero-order chi connectivity index (χ0) is 28.5. The van der Waals surface area contributed by atoms with Gasteiger partial charge in [-0.2, -0.15) is 10.2 Å². The summed E-state index contributed by atoms with van der Waals surface area (Å²) in [5.41, 5.74) is 2.58. The van der Waals surface area contributed by atoms with E-state index < -0.39 is 23.8 Å². The van der Waals surface area contributed by atoms with Gasteiger partial charge in [-0.15, -0.1) is 0 Å². The first kappa shape index (κ1) is 26.4. The maximum Gasteiger partial charge on any atom is 0.269 e. The van der Waals surface area contributed by atoms with E-state index in [0.717, 1.165) is 6.42 Å². The number of aromatic nitrogens is 4. The number of carbonyl (C=O) groups is 2. The summed E-state index contributed by atoms with van der Waals surface area (Å²) in [5, 5.41) is 14.4. The Morgan fingerprint density at radius 3 is 2.83 bits per heavy atom. The molecule has 0 saturated carbocycles. The number of halogens is 1. The molecule has 4 aromatic rings. The maximum absolute atomic E-state index is 14.9. The van der Waals surface area contributed by atoms with Crippen molar-refractivity contribution in [2.45, 2.75) is 38.7 Å². The lowest BCUT2D eigenvalue weighted by molar-refractivity contribution is -0.117. The van der Waals surface area contributed by atoms with Crippen LogP contribution in [0.3, 0.4) is 0 Å². The second-order valence-electron chi connectivity index (χ2n) is 9.83. The van der Waals surface area contributed by atoms with Crippen molar-refractivity contribution in [1.82, 2.24) is 24.9 Å². The number of carbonyl (C=O) groups excluding carboxylic acids is 2. The first-order chi connectivity index (χ1) is 19.9. The molecule has 2 aromatic carbocycles.